The number of hydrogen-bond acceptors (Lipinski definition) is 4. The average Bonchev–Trinajstić information content (AvgIpc) is 3.27. The number of carbonyl (C=O) groups is 2. The van der Waals surface area contributed by atoms with Gasteiger partial charge in [-0.3, -0.25) is 14.5 Å². The van der Waals surface area contributed by atoms with Gasteiger partial charge in [-0.25, -0.2) is 0 Å². The van der Waals surface area contributed by atoms with Crippen molar-refractivity contribution < 1.29 is 14.3 Å². The van der Waals surface area contributed by atoms with Crippen molar-refractivity contribution in [3.05, 3.63) is 65.2 Å². The van der Waals surface area contributed by atoms with Gasteiger partial charge in [0.05, 0.1) is 12.5 Å². The van der Waals surface area contributed by atoms with Crippen LogP contribution in [0.3, 0.4) is 0 Å². The number of anilines is 1. The summed E-state index contributed by atoms with van der Waals surface area (Å²) in [5.41, 5.74) is 4.34. The highest BCUT2D eigenvalue weighted by molar-refractivity contribution is 6.12. The van der Waals surface area contributed by atoms with Gasteiger partial charge >= 0.3 is 5.97 Å². The highest BCUT2D eigenvalue weighted by atomic mass is 16.5. The molecule has 0 unspecified atom stereocenters. The molecule has 2 fully saturated rings. The predicted molar refractivity (Wildman–Crippen MR) is 142 cm³/mol. The number of aliphatic imine (C=N–C) groups is 1. The summed E-state index contributed by atoms with van der Waals surface area (Å²) in [6.07, 6.45) is 7.94. The van der Waals surface area contributed by atoms with Crippen LogP contribution in [0.25, 0.3) is 0 Å². The smallest absolute Gasteiger partial charge is 0.308 e. The molecular formula is C30H37N3O3. The number of nitrogens with zero attached hydrogens (tertiary/aromatic N) is 3. The second-order valence-corrected chi connectivity index (χ2v) is 10.3. The second-order valence-electron chi connectivity index (χ2n) is 10.3. The Morgan fingerprint density at radius 2 is 1.72 bits per heavy atom. The van der Waals surface area contributed by atoms with Gasteiger partial charge in [-0.1, -0.05) is 36.8 Å². The van der Waals surface area contributed by atoms with Gasteiger partial charge in [0.1, 0.15) is 5.84 Å². The molecular weight excluding hydrogens is 450 g/mol. The fourth-order valence-corrected chi connectivity index (χ4v) is 5.94. The van der Waals surface area contributed by atoms with Crippen LogP contribution in [-0.2, 0) is 22.5 Å². The number of amidine groups is 1. The van der Waals surface area contributed by atoms with E-state index in [1.165, 1.54) is 36.1 Å². The van der Waals surface area contributed by atoms with E-state index in [2.05, 4.69) is 33.0 Å². The van der Waals surface area contributed by atoms with Crippen LogP contribution in [0.5, 0.6) is 0 Å². The van der Waals surface area contributed by atoms with Crippen molar-refractivity contribution in [2.45, 2.75) is 70.9 Å². The topological polar surface area (TPSA) is 62.2 Å². The van der Waals surface area contributed by atoms with E-state index in [9.17, 15) is 9.59 Å². The lowest BCUT2D eigenvalue weighted by molar-refractivity contribution is -0.149. The first-order valence-electron chi connectivity index (χ1n) is 13.6. The van der Waals surface area contributed by atoms with E-state index in [-0.39, 0.29) is 23.8 Å². The van der Waals surface area contributed by atoms with Crippen LogP contribution in [0.1, 0.15) is 73.4 Å². The van der Waals surface area contributed by atoms with E-state index >= 15 is 0 Å². The largest absolute Gasteiger partial charge is 0.466 e. The molecule has 190 valence electrons. The van der Waals surface area contributed by atoms with Gasteiger partial charge in [-0.15, -0.1) is 0 Å². The number of piperidine rings is 1. The van der Waals surface area contributed by atoms with Gasteiger partial charge < -0.3 is 9.64 Å². The molecule has 2 aromatic carbocycles. The van der Waals surface area contributed by atoms with Crippen molar-refractivity contribution in [1.29, 1.82) is 0 Å². The lowest BCUT2D eigenvalue weighted by Crippen LogP contribution is -2.42. The standard InChI is InChI=1S/C30H37N3O3/c1-2-36-30(35)24-13-15-26(16-14-24)33-27-19-22(21-32-17-7-4-8-18-32)11-12-25(27)20-28(33)31-29(34)23-9-5-3-6-10-23/h3,5-6,9-12,19,24,26H,2,4,7-8,13-18,20-21H2,1H3. The van der Waals surface area contributed by atoms with Gasteiger partial charge in [-0.05, 0) is 87.9 Å². The molecule has 2 aromatic rings. The first kappa shape index (κ1) is 24.7. The number of fused-ring (bicyclic) bond motifs is 1. The summed E-state index contributed by atoms with van der Waals surface area (Å²) >= 11 is 0. The zero-order valence-corrected chi connectivity index (χ0v) is 21.3. The molecule has 2 heterocycles. The first-order chi connectivity index (χ1) is 17.6. The van der Waals surface area contributed by atoms with Crippen LogP contribution < -0.4 is 4.90 Å². The maximum absolute atomic E-state index is 13.0. The fraction of sp³-hybridized carbons (Fsp3) is 0.500. The zero-order valence-electron chi connectivity index (χ0n) is 21.3. The molecule has 6 nitrogen and oxygen atoms in total. The molecule has 0 radical (unpaired) electrons. The molecule has 0 aromatic heterocycles. The number of likely N-dealkylation sites (tertiary alicyclic amines) is 1. The molecule has 0 spiro atoms. The van der Waals surface area contributed by atoms with Gasteiger partial charge in [0.2, 0.25) is 0 Å². The molecule has 1 saturated carbocycles. The molecule has 0 N–H and O–H groups in total. The van der Waals surface area contributed by atoms with Crippen LogP contribution in [0, 0.1) is 5.92 Å². The van der Waals surface area contributed by atoms with Crippen molar-refractivity contribution >= 4 is 23.4 Å². The minimum Gasteiger partial charge on any atom is -0.466 e. The van der Waals surface area contributed by atoms with E-state index in [0.29, 0.717) is 18.6 Å². The van der Waals surface area contributed by atoms with Gasteiger partial charge in [0.15, 0.2) is 0 Å². The van der Waals surface area contributed by atoms with Crippen LogP contribution >= 0.6 is 0 Å². The Bertz CT molecular complexity index is 1100. The molecule has 1 aliphatic carbocycles. The highest BCUT2D eigenvalue weighted by Crippen LogP contribution is 2.38. The SMILES string of the molecule is CCOC(=O)C1CCC(N2C(=NC(=O)c3ccccc3)Cc3ccc(CN4CCCCC4)cc32)CC1. The lowest BCUT2D eigenvalue weighted by atomic mass is 9.85. The molecule has 2 aliphatic heterocycles. The van der Waals surface area contributed by atoms with E-state index in [0.717, 1.165) is 51.2 Å². The van der Waals surface area contributed by atoms with Crippen molar-refractivity contribution in [2.75, 3.05) is 24.6 Å². The molecule has 0 atom stereocenters. The lowest BCUT2D eigenvalue weighted by Gasteiger charge is -2.36. The molecule has 1 saturated heterocycles. The number of esters is 1. The van der Waals surface area contributed by atoms with Gasteiger partial charge in [-0.2, -0.15) is 4.99 Å². The summed E-state index contributed by atoms with van der Waals surface area (Å²) in [5.74, 6) is 0.528. The summed E-state index contributed by atoms with van der Waals surface area (Å²) in [7, 11) is 0. The van der Waals surface area contributed by atoms with Crippen molar-refractivity contribution in [2.24, 2.45) is 10.9 Å². The van der Waals surface area contributed by atoms with E-state index in [1.807, 2.05) is 37.3 Å². The third kappa shape index (κ3) is 5.54. The van der Waals surface area contributed by atoms with Crippen LogP contribution in [0.4, 0.5) is 5.69 Å². The number of hydrogen-bond donors (Lipinski definition) is 0. The number of ether oxygens (including phenoxy) is 1. The normalized spacial score (nSPS) is 23.5. The van der Waals surface area contributed by atoms with Crippen LogP contribution in [-0.4, -0.2) is 48.4 Å². The average molecular weight is 488 g/mol. The molecule has 6 heteroatoms. The summed E-state index contributed by atoms with van der Waals surface area (Å²) in [6.45, 7) is 5.58. The van der Waals surface area contributed by atoms with Crippen molar-refractivity contribution in [3.63, 3.8) is 0 Å². The minimum atomic E-state index is -0.197. The second kappa shape index (κ2) is 11.4. The van der Waals surface area contributed by atoms with Crippen molar-refractivity contribution in [1.82, 2.24) is 4.90 Å². The number of carbonyl (C=O) groups excluding carboxylic acids is 2. The Labute approximate surface area is 214 Å². The molecule has 3 aliphatic rings. The zero-order chi connectivity index (χ0) is 24.9. The van der Waals surface area contributed by atoms with E-state index in [4.69, 9.17) is 4.74 Å². The summed E-state index contributed by atoms with van der Waals surface area (Å²) in [4.78, 5) is 34.9. The quantitative estimate of drug-likeness (QED) is 0.511. The minimum absolute atomic E-state index is 0.0277. The Hall–Kier alpha value is -2.99. The number of rotatable bonds is 6. The fourth-order valence-electron chi connectivity index (χ4n) is 5.94. The molecule has 0 bridgehead atoms. The summed E-state index contributed by atoms with van der Waals surface area (Å²) in [6, 6.07) is 16.3. The maximum Gasteiger partial charge on any atom is 0.308 e. The van der Waals surface area contributed by atoms with E-state index < -0.39 is 0 Å². The Balaban J connectivity index is 1.40. The number of amides is 1. The van der Waals surface area contributed by atoms with Gasteiger partial charge in [0.25, 0.3) is 5.91 Å². The van der Waals surface area contributed by atoms with Crippen molar-refractivity contribution in [3.8, 4) is 0 Å². The monoisotopic (exact) mass is 487 g/mol. The summed E-state index contributed by atoms with van der Waals surface area (Å²) < 4.78 is 5.28. The predicted octanol–water partition coefficient (Wildman–Crippen LogP) is 5.40. The third-order valence-electron chi connectivity index (χ3n) is 7.82. The molecule has 5 rings (SSSR count). The first-order valence-corrected chi connectivity index (χ1v) is 13.6. The molecule has 36 heavy (non-hydrogen) atoms. The number of benzene rings is 2. The Morgan fingerprint density at radius 1 is 0.972 bits per heavy atom. The van der Waals surface area contributed by atoms with Crippen LogP contribution in [0.15, 0.2) is 53.5 Å². The maximum atomic E-state index is 13.0. The summed E-state index contributed by atoms with van der Waals surface area (Å²) in [5, 5.41) is 0. The third-order valence-corrected chi connectivity index (χ3v) is 7.82. The Morgan fingerprint density at radius 3 is 2.44 bits per heavy atom. The Kier molecular flexibility index (Phi) is 7.81. The highest BCUT2D eigenvalue weighted by Gasteiger charge is 2.36. The van der Waals surface area contributed by atoms with Crippen LogP contribution in [0.2, 0.25) is 0 Å². The van der Waals surface area contributed by atoms with E-state index in [1.54, 1.807) is 0 Å². The molecule has 1 amide bonds. The van der Waals surface area contributed by atoms with Gasteiger partial charge in [0, 0.05) is 30.3 Å².